The van der Waals surface area contributed by atoms with E-state index in [2.05, 4.69) is 20.1 Å². The van der Waals surface area contributed by atoms with Crippen LogP contribution in [0.3, 0.4) is 0 Å². The van der Waals surface area contributed by atoms with Gasteiger partial charge < -0.3 is 10.1 Å². The minimum Gasteiger partial charge on any atom is -0.467 e. The van der Waals surface area contributed by atoms with Gasteiger partial charge in [0.15, 0.2) is 0 Å². The van der Waals surface area contributed by atoms with Crippen molar-refractivity contribution < 1.29 is 14.3 Å². The maximum absolute atomic E-state index is 12.0. The Bertz CT molecular complexity index is 593. The predicted octanol–water partition coefficient (Wildman–Crippen LogP) is 0.0206. The zero-order valence-electron chi connectivity index (χ0n) is 9.95. The lowest BCUT2D eigenvalue weighted by atomic mass is 10.2. The van der Waals surface area contributed by atoms with Crippen molar-refractivity contribution in [2.24, 2.45) is 0 Å². The number of nitrogens with one attached hydrogen (secondary N) is 1. The van der Waals surface area contributed by atoms with Crippen molar-refractivity contribution in [2.75, 3.05) is 7.11 Å². The van der Waals surface area contributed by atoms with E-state index >= 15 is 0 Å². The molecule has 0 fully saturated rings. The molecule has 2 aromatic rings. The van der Waals surface area contributed by atoms with Gasteiger partial charge >= 0.3 is 5.97 Å². The summed E-state index contributed by atoms with van der Waals surface area (Å²) in [4.78, 5) is 27.1. The SMILES string of the molecule is COC(=O)C(C)NC(=O)c1cnn2ccncc12. The molecular formula is C11H12N4O3. The van der Waals surface area contributed by atoms with Gasteiger partial charge in [0, 0.05) is 12.4 Å². The van der Waals surface area contributed by atoms with Gasteiger partial charge in [-0.15, -0.1) is 0 Å². The molecular weight excluding hydrogens is 236 g/mol. The Morgan fingerprint density at radius 3 is 2.94 bits per heavy atom. The Labute approximate surface area is 103 Å². The summed E-state index contributed by atoms with van der Waals surface area (Å²) in [7, 11) is 1.27. The molecule has 2 heterocycles. The number of hydrogen-bond donors (Lipinski definition) is 1. The summed E-state index contributed by atoms with van der Waals surface area (Å²) < 4.78 is 6.06. The molecule has 0 radical (unpaired) electrons. The van der Waals surface area contributed by atoms with E-state index in [1.807, 2.05) is 0 Å². The molecule has 94 valence electrons. The van der Waals surface area contributed by atoms with Gasteiger partial charge in [-0.25, -0.2) is 9.31 Å². The highest BCUT2D eigenvalue weighted by Crippen LogP contribution is 2.08. The average Bonchev–Trinajstić information content (AvgIpc) is 2.81. The summed E-state index contributed by atoms with van der Waals surface area (Å²) in [5.41, 5.74) is 0.936. The number of ether oxygens (including phenoxy) is 1. The molecule has 7 heteroatoms. The number of aromatic nitrogens is 3. The third-order valence-corrected chi connectivity index (χ3v) is 2.47. The van der Waals surface area contributed by atoms with Crippen molar-refractivity contribution in [1.82, 2.24) is 19.9 Å². The Balaban J connectivity index is 2.21. The van der Waals surface area contributed by atoms with E-state index in [0.29, 0.717) is 11.1 Å². The van der Waals surface area contributed by atoms with Gasteiger partial charge in [0.1, 0.15) is 6.04 Å². The summed E-state index contributed by atoms with van der Waals surface area (Å²) in [5.74, 6) is -0.895. The van der Waals surface area contributed by atoms with Gasteiger partial charge in [-0.1, -0.05) is 0 Å². The van der Waals surface area contributed by atoms with Crippen molar-refractivity contribution >= 4 is 17.4 Å². The van der Waals surface area contributed by atoms with E-state index in [1.54, 1.807) is 19.3 Å². The van der Waals surface area contributed by atoms with Crippen LogP contribution in [-0.2, 0) is 9.53 Å². The minimum atomic E-state index is -0.714. The second kappa shape index (κ2) is 4.82. The number of carbonyl (C=O) groups excluding carboxylic acids is 2. The summed E-state index contributed by atoms with van der Waals surface area (Å²) in [6, 6.07) is -0.714. The lowest BCUT2D eigenvalue weighted by Gasteiger charge is -2.10. The van der Waals surface area contributed by atoms with Crippen LogP contribution >= 0.6 is 0 Å². The lowest BCUT2D eigenvalue weighted by Crippen LogP contribution is -2.39. The van der Waals surface area contributed by atoms with Crippen LogP contribution in [0.25, 0.3) is 5.52 Å². The fourth-order valence-electron chi connectivity index (χ4n) is 1.52. The van der Waals surface area contributed by atoms with E-state index in [4.69, 9.17) is 0 Å². The summed E-state index contributed by atoms with van der Waals surface area (Å²) in [6.45, 7) is 1.55. The largest absolute Gasteiger partial charge is 0.467 e. The third-order valence-electron chi connectivity index (χ3n) is 2.47. The molecule has 0 saturated carbocycles. The van der Waals surface area contributed by atoms with Crippen LogP contribution in [0.4, 0.5) is 0 Å². The van der Waals surface area contributed by atoms with Crippen molar-refractivity contribution in [3.05, 3.63) is 30.4 Å². The normalized spacial score (nSPS) is 12.1. The Morgan fingerprint density at radius 2 is 2.22 bits per heavy atom. The number of fused-ring (bicyclic) bond motifs is 1. The van der Waals surface area contributed by atoms with E-state index < -0.39 is 17.9 Å². The van der Waals surface area contributed by atoms with Crippen LogP contribution < -0.4 is 5.32 Å². The van der Waals surface area contributed by atoms with E-state index in [-0.39, 0.29) is 0 Å². The molecule has 1 N–H and O–H groups in total. The van der Waals surface area contributed by atoms with Gasteiger partial charge in [-0.2, -0.15) is 5.10 Å². The molecule has 0 saturated heterocycles. The van der Waals surface area contributed by atoms with Crippen LogP contribution in [0.1, 0.15) is 17.3 Å². The van der Waals surface area contributed by atoms with E-state index in [0.717, 1.165) is 0 Å². The average molecular weight is 248 g/mol. The number of hydrogen-bond acceptors (Lipinski definition) is 5. The second-order valence-corrected chi connectivity index (χ2v) is 3.68. The zero-order chi connectivity index (χ0) is 13.1. The first kappa shape index (κ1) is 12.0. The molecule has 7 nitrogen and oxygen atoms in total. The van der Waals surface area contributed by atoms with E-state index in [9.17, 15) is 9.59 Å². The van der Waals surface area contributed by atoms with Gasteiger partial charge in [-0.05, 0) is 6.92 Å². The van der Waals surface area contributed by atoms with Crippen molar-refractivity contribution in [3.8, 4) is 0 Å². The molecule has 0 aliphatic rings. The first-order valence-electron chi connectivity index (χ1n) is 5.29. The molecule has 0 aromatic carbocycles. The fourth-order valence-corrected chi connectivity index (χ4v) is 1.52. The predicted molar refractivity (Wildman–Crippen MR) is 61.9 cm³/mol. The van der Waals surface area contributed by atoms with Crippen molar-refractivity contribution in [3.63, 3.8) is 0 Å². The first-order valence-corrected chi connectivity index (χ1v) is 5.29. The molecule has 18 heavy (non-hydrogen) atoms. The van der Waals surface area contributed by atoms with Gasteiger partial charge in [0.25, 0.3) is 5.91 Å². The Kier molecular flexibility index (Phi) is 3.22. The molecule has 0 aliphatic heterocycles. The molecule has 2 aromatic heterocycles. The Hall–Kier alpha value is -2.44. The number of carbonyl (C=O) groups is 2. The quantitative estimate of drug-likeness (QED) is 0.774. The number of rotatable bonds is 3. The van der Waals surface area contributed by atoms with E-state index in [1.165, 1.54) is 24.0 Å². The monoisotopic (exact) mass is 248 g/mol. The van der Waals surface area contributed by atoms with Crippen LogP contribution in [-0.4, -0.2) is 39.6 Å². The Morgan fingerprint density at radius 1 is 1.44 bits per heavy atom. The molecule has 1 amide bonds. The smallest absolute Gasteiger partial charge is 0.328 e. The maximum Gasteiger partial charge on any atom is 0.328 e. The van der Waals surface area contributed by atoms with Gasteiger partial charge in [-0.3, -0.25) is 9.78 Å². The molecule has 0 bridgehead atoms. The topological polar surface area (TPSA) is 85.6 Å². The van der Waals surface area contributed by atoms with Gasteiger partial charge in [0.2, 0.25) is 0 Å². The highest BCUT2D eigenvalue weighted by molar-refractivity contribution is 6.02. The standard InChI is InChI=1S/C11H12N4O3/c1-7(11(17)18-2)14-10(16)8-5-13-15-4-3-12-6-9(8)15/h3-7H,1-2H3,(H,14,16). The maximum atomic E-state index is 12.0. The number of nitrogens with zero attached hydrogens (tertiary/aromatic N) is 3. The van der Waals surface area contributed by atoms with Crippen LogP contribution in [0.15, 0.2) is 24.8 Å². The molecule has 0 spiro atoms. The highest BCUT2D eigenvalue weighted by atomic mass is 16.5. The molecule has 1 atom stereocenters. The molecule has 0 aliphatic carbocycles. The van der Waals surface area contributed by atoms with Crippen LogP contribution in [0.5, 0.6) is 0 Å². The van der Waals surface area contributed by atoms with Gasteiger partial charge in [0.05, 0.1) is 30.6 Å². The highest BCUT2D eigenvalue weighted by Gasteiger charge is 2.19. The first-order chi connectivity index (χ1) is 8.63. The summed E-state index contributed by atoms with van der Waals surface area (Å²) in [5, 5.41) is 6.54. The fraction of sp³-hybridized carbons (Fsp3) is 0.273. The number of amides is 1. The summed E-state index contributed by atoms with van der Waals surface area (Å²) in [6.07, 6.45) is 6.16. The minimum absolute atomic E-state index is 0.360. The van der Waals surface area contributed by atoms with Crippen LogP contribution in [0, 0.1) is 0 Å². The number of methoxy groups -OCH3 is 1. The summed E-state index contributed by atoms with van der Waals surface area (Å²) >= 11 is 0. The third kappa shape index (κ3) is 2.15. The molecule has 1 unspecified atom stereocenters. The van der Waals surface area contributed by atoms with Crippen molar-refractivity contribution in [2.45, 2.75) is 13.0 Å². The van der Waals surface area contributed by atoms with Crippen LogP contribution in [0.2, 0.25) is 0 Å². The zero-order valence-corrected chi connectivity index (χ0v) is 9.95. The van der Waals surface area contributed by atoms with Crippen molar-refractivity contribution in [1.29, 1.82) is 0 Å². The second-order valence-electron chi connectivity index (χ2n) is 3.68. The lowest BCUT2D eigenvalue weighted by molar-refractivity contribution is -0.142. The number of esters is 1. The molecule has 2 rings (SSSR count).